The lowest BCUT2D eigenvalue weighted by Gasteiger charge is -2.33. The number of nitrogens with zero attached hydrogens (tertiary/aromatic N) is 3. The maximum absolute atomic E-state index is 13.7. The van der Waals surface area contributed by atoms with Crippen LogP contribution in [0.5, 0.6) is 11.5 Å². The van der Waals surface area contributed by atoms with Crippen molar-refractivity contribution in [1.29, 1.82) is 0 Å². The number of carbonyl (C=O) groups excluding carboxylic acids is 2. The lowest BCUT2D eigenvalue weighted by Crippen LogP contribution is -2.61. The van der Waals surface area contributed by atoms with Gasteiger partial charge in [-0.15, -0.1) is 8.78 Å². The van der Waals surface area contributed by atoms with Crippen LogP contribution in [-0.2, 0) is 20.7 Å². The predicted octanol–water partition coefficient (Wildman–Crippen LogP) is 2.83. The largest absolute Gasteiger partial charge is 0.586 e. The maximum Gasteiger partial charge on any atom is 0.586 e. The third kappa shape index (κ3) is 4.96. The Kier molecular flexibility index (Phi) is 6.59. The fraction of sp³-hybridized carbons (Fsp3) is 0.214. The molecule has 2 aliphatic rings. The molecule has 0 bridgehead atoms. The van der Waals surface area contributed by atoms with Gasteiger partial charge >= 0.3 is 6.29 Å². The normalized spacial score (nSPS) is 17.2. The number of primary amides is 1. The van der Waals surface area contributed by atoms with Gasteiger partial charge in [0.25, 0.3) is 17.6 Å². The molecule has 13 heteroatoms. The van der Waals surface area contributed by atoms with Gasteiger partial charge in [-0.1, -0.05) is 36.4 Å². The van der Waals surface area contributed by atoms with Crippen LogP contribution < -0.4 is 20.5 Å². The Bertz CT molecular complexity index is 1610. The Morgan fingerprint density at radius 2 is 1.78 bits per heavy atom. The Morgan fingerprint density at radius 1 is 1.00 bits per heavy atom. The first-order valence-electron chi connectivity index (χ1n) is 12.6. The topological polar surface area (TPSA) is 140 Å². The minimum absolute atomic E-state index is 0.113. The molecule has 1 saturated heterocycles. The van der Waals surface area contributed by atoms with Crippen molar-refractivity contribution in [3.63, 3.8) is 0 Å². The fourth-order valence-electron chi connectivity index (χ4n) is 4.82. The maximum atomic E-state index is 13.7. The number of benzene rings is 2. The molecule has 2 aliphatic heterocycles. The molecule has 6 rings (SSSR count). The van der Waals surface area contributed by atoms with E-state index >= 15 is 0 Å². The summed E-state index contributed by atoms with van der Waals surface area (Å²) >= 11 is 0. The zero-order valence-electron chi connectivity index (χ0n) is 21.3. The van der Waals surface area contributed by atoms with Crippen molar-refractivity contribution in [2.45, 2.75) is 24.5 Å². The summed E-state index contributed by atoms with van der Waals surface area (Å²) in [6.07, 6.45) is -0.612. The number of rotatable bonds is 8. The van der Waals surface area contributed by atoms with E-state index in [0.29, 0.717) is 0 Å². The van der Waals surface area contributed by atoms with E-state index in [9.17, 15) is 18.4 Å². The molecular weight excluding hydrogens is 540 g/mol. The van der Waals surface area contributed by atoms with Crippen LogP contribution in [0.15, 0.2) is 79.1 Å². The van der Waals surface area contributed by atoms with Gasteiger partial charge in [-0.3, -0.25) is 9.59 Å². The molecule has 0 spiro atoms. The first-order chi connectivity index (χ1) is 19.8. The fourth-order valence-corrected chi connectivity index (χ4v) is 4.82. The molecule has 1 unspecified atom stereocenters. The summed E-state index contributed by atoms with van der Waals surface area (Å²) in [6, 6.07) is 17.3. The molecule has 2 amide bonds. The van der Waals surface area contributed by atoms with E-state index < -0.39 is 29.9 Å². The number of fused-ring (bicyclic) bond motifs is 1. The molecule has 2 aromatic heterocycles. The summed E-state index contributed by atoms with van der Waals surface area (Å²) in [5.74, 6) is -3.46. The van der Waals surface area contributed by atoms with Gasteiger partial charge in [0, 0.05) is 18.0 Å². The van der Waals surface area contributed by atoms with Gasteiger partial charge in [0.2, 0.25) is 0 Å². The average Bonchev–Trinajstić information content (AvgIpc) is 3.71. The second-order valence-electron chi connectivity index (χ2n) is 9.26. The number of amides is 2. The number of hydrogen-bond acceptors (Lipinski definition) is 8. The van der Waals surface area contributed by atoms with Gasteiger partial charge in [0.15, 0.2) is 17.3 Å². The highest BCUT2D eigenvalue weighted by Gasteiger charge is 2.51. The average molecular weight is 564 g/mol. The summed E-state index contributed by atoms with van der Waals surface area (Å²) in [5.41, 5.74) is 7.18. The number of alkyl halides is 2. The molecule has 0 radical (unpaired) electrons. The molecule has 4 aromatic rings. The number of halogens is 2. The molecule has 1 atom stereocenters. The summed E-state index contributed by atoms with van der Waals surface area (Å²) in [7, 11) is 0. The number of aromatic nitrogens is 3. The highest BCUT2D eigenvalue weighted by Crippen LogP contribution is 2.46. The van der Waals surface area contributed by atoms with Gasteiger partial charge in [-0.25, -0.2) is 9.67 Å². The SMILES string of the molecule is NC(=O)C1(C(Cc2ccccc2)NC(=O)c2cccnc2-n2ccc(-c3cccc4c3OC(F)(F)O4)n2)OCCO1. The molecule has 210 valence electrons. The molecule has 11 nitrogen and oxygen atoms in total. The first kappa shape index (κ1) is 26.3. The van der Waals surface area contributed by atoms with Crippen LogP contribution in [0.3, 0.4) is 0 Å². The Morgan fingerprint density at radius 3 is 2.54 bits per heavy atom. The summed E-state index contributed by atoms with van der Waals surface area (Å²) in [5, 5.41) is 7.30. The minimum Gasteiger partial charge on any atom is -0.395 e. The lowest BCUT2D eigenvalue weighted by atomic mass is 9.97. The molecule has 2 aromatic carbocycles. The van der Waals surface area contributed by atoms with Gasteiger partial charge in [0.1, 0.15) is 0 Å². The van der Waals surface area contributed by atoms with Gasteiger partial charge < -0.3 is 30.0 Å². The summed E-state index contributed by atoms with van der Waals surface area (Å²) in [6.45, 7) is 0.254. The molecule has 3 N–H and O–H groups in total. The van der Waals surface area contributed by atoms with E-state index in [4.69, 9.17) is 15.2 Å². The molecule has 0 saturated carbocycles. The lowest BCUT2D eigenvalue weighted by molar-refractivity contribution is -0.286. The zero-order chi connectivity index (χ0) is 28.6. The molecule has 41 heavy (non-hydrogen) atoms. The Hall–Kier alpha value is -4.88. The van der Waals surface area contributed by atoms with Crippen LogP contribution in [0.2, 0.25) is 0 Å². The van der Waals surface area contributed by atoms with Crippen LogP contribution >= 0.6 is 0 Å². The number of hydrogen-bond donors (Lipinski definition) is 2. The highest BCUT2D eigenvalue weighted by atomic mass is 19.3. The second-order valence-corrected chi connectivity index (χ2v) is 9.26. The van der Waals surface area contributed by atoms with E-state index in [1.165, 1.54) is 35.3 Å². The molecule has 1 fully saturated rings. The van der Waals surface area contributed by atoms with Crippen LogP contribution in [0.25, 0.3) is 17.1 Å². The number of nitrogens with one attached hydrogen (secondary N) is 1. The van der Waals surface area contributed by atoms with Crippen LogP contribution in [0.4, 0.5) is 8.78 Å². The standard InChI is InChI=1S/C28H23F2N5O6/c29-28(30)40-21-10-4-8-18(23(21)41-28)20-11-13-35(34-20)24-19(9-5-12-32-24)25(36)33-22(16-17-6-2-1-3-7-17)27(26(31)37)38-14-15-39-27/h1-13,22H,14-16H2,(H2,31,37)(H,33,36). The molecule has 0 aliphatic carbocycles. The van der Waals surface area contributed by atoms with Crippen molar-refractivity contribution < 1.29 is 37.3 Å². The summed E-state index contributed by atoms with van der Waals surface area (Å²) < 4.78 is 49.3. The third-order valence-electron chi connectivity index (χ3n) is 6.65. The zero-order valence-corrected chi connectivity index (χ0v) is 21.3. The van der Waals surface area contributed by atoms with E-state index in [1.807, 2.05) is 30.3 Å². The predicted molar refractivity (Wildman–Crippen MR) is 138 cm³/mol. The number of para-hydroxylation sites is 1. The van der Waals surface area contributed by atoms with E-state index in [2.05, 4.69) is 24.9 Å². The highest BCUT2D eigenvalue weighted by molar-refractivity contribution is 5.98. The Labute approximate surface area is 231 Å². The van der Waals surface area contributed by atoms with Crippen LogP contribution in [0, 0.1) is 0 Å². The number of nitrogens with two attached hydrogens (primary N) is 1. The van der Waals surface area contributed by atoms with Gasteiger partial charge in [-0.05, 0) is 42.3 Å². The van der Waals surface area contributed by atoms with Crippen molar-refractivity contribution in [2.24, 2.45) is 5.73 Å². The van der Waals surface area contributed by atoms with Crippen molar-refractivity contribution in [3.05, 3.63) is 90.3 Å². The van der Waals surface area contributed by atoms with E-state index in [-0.39, 0.29) is 53.8 Å². The monoisotopic (exact) mass is 563 g/mol. The van der Waals surface area contributed by atoms with E-state index in [0.717, 1.165) is 5.56 Å². The number of carbonyl (C=O) groups is 2. The summed E-state index contributed by atoms with van der Waals surface area (Å²) in [4.78, 5) is 30.6. The minimum atomic E-state index is -3.79. The number of pyridine rings is 1. The quantitative estimate of drug-likeness (QED) is 0.334. The van der Waals surface area contributed by atoms with Crippen molar-refractivity contribution in [1.82, 2.24) is 20.1 Å². The van der Waals surface area contributed by atoms with Crippen molar-refractivity contribution >= 4 is 11.8 Å². The molecular formula is C28H23F2N5O6. The van der Waals surface area contributed by atoms with Crippen molar-refractivity contribution in [3.8, 4) is 28.6 Å². The first-order valence-corrected chi connectivity index (χ1v) is 12.6. The van der Waals surface area contributed by atoms with Crippen molar-refractivity contribution in [2.75, 3.05) is 13.2 Å². The molecule has 4 heterocycles. The number of ether oxygens (including phenoxy) is 4. The smallest absolute Gasteiger partial charge is 0.395 e. The second kappa shape index (κ2) is 10.3. The van der Waals surface area contributed by atoms with Crippen LogP contribution in [-0.4, -0.2) is 57.9 Å². The van der Waals surface area contributed by atoms with Gasteiger partial charge in [0.05, 0.1) is 30.5 Å². The van der Waals surface area contributed by atoms with Crippen LogP contribution in [0.1, 0.15) is 15.9 Å². The van der Waals surface area contributed by atoms with Gasteiger partial charge in [-0.2, -0.15) is 5.10 Å². The third-order valence-corrected chi connectivity index (χ3v) is 6.65. The van der Waals surface area contributed by atoms with E-state index in [1.54, 1.807) is 18.2 Å². The Balaban J connectivity index is 1.31.